The van der Waals surface area contributed by atoms with Gasteiger partial charge in [0.2, 0.25) is 0 Å². The van der Waals surface area contributed by atoms with Crippen LogP contribution in [-0.4, -0.2) is 22.9 Å². The van der Waals surface area contributed by atoms with E-state index >= 15 is 0 Å². The van der Waals surface area contributed by atoms with Crippen molar-refractivity contribution >= 4 is 0 Å². The molecule has 1 heterocycles. The Morgan fingerprint density at radius 1 is 1.32 bits per heavy atom. The van der Waals surface area contributed by atoms with Gasteiger partial charge in [0.25, 0.3) is 0 Å². The van der Waals surface area contributed by atoms with Gasteiger partial charge in [0.15, 0.2) is 0 Å². The van der Waals surface area contributed by atoms with Crippen molar-refractivity contribution in [2.24, 2.45) is 0 Å². The molecule has 0 aliphatic carbocycles. The number of hydrogen-bond acceptors (Lipinski definition) is 3. The normalized spacial score (nSPS) is 10.6. The second-order valence-corrected chi connectivity index (χ2v) is 4.50. The summed E-state index contributed by atoms with van der Waals surface area (Å²) in [6.45, 7) is 7.35. The zero-order valence-electron chi connectivity index (χ0n) is 11.6. The molecule has 4 nitrogen and oxygen atoms in total. The Hall–Kier alpha value is -1.81. The number of rotatable bonds is 7. The van der Waals surface area contributed by atoms with Crippen molar-refractivity contribution in [1.82, 2.24) is 15.1 Å². The number of benzene rings is 1. The minimum absolute atomic E-state index is 0.631. The largest absolute Gasteiger partial charge is 0.492 e. The number of ether oxygens (including phenoxy) is 1. The van der Waals surface area contributed by atoms with Gasteiger partial charge in [-0.25, -0.2) is 0 Å². The molecule has 1 N–H and O–H groups in total. The van der Waals surface area contributed by atoms with Crippen LogP contribution in [0.25, 0.3) is 0 Å². The highest BCUT2D eigenvalue weighted by atomic mass is 16.5. The Bertz CT molecular complexity index is 508. The zero-order valence-corrected chi connectivity index (χ0v) is 11.6. The molecule has 0 atom stereocenters. The van der Waals surface area contributed by atoms with E-state index in [1.54, 1.807) is 0 Å². The van der Waals surface area contributed by atoms with Crippen molar-refractivity contribution < 1.29 is 4.74 Å². The number of nitrogens with one attached hydrogen (secondary N) is 1. The van der Waals surface area contributed by atoms with Gasteiger partial charge in [0, 0.05) is 12.7 Å². The van der Waals surface area contributed by atoms with E-state index in [9.17, 15) is 0 Å². The summed E-state index contributed by atoms with van der Waals surface area (Å²) in [7, 11) is 0. The van der Waals surface area contributed by atoms with E-state index < -0.39 is 0 Å². The van der Waals surface area contributed by atoms with Crippen LogP contribution in [0.3, 0.4) is 0 Å². The Balaban J connectivity index is 1.82. The molecule has 2 aromatic rings. The Labute approximate surface area is 114 Å². The van der Waals surface area contributed by atoms with E-state index in [0.29, 0.717) is 6.61 Å². The van der Waals surface area contributed by atoms with E-state index in [-0.39, 0.29) is 0 Å². The third-order valence-electron chi connectivity index (χ3n) is 2.84. The summed E-state index contributed by atoms with van der Waals surface area (Å²) in [5, 5.41) is 7.63. The highest BCUT2D eigenvalue weighted by molar-refractivity contribution is 5.28. The van der Waals surface area contributed by atoms with Crippen LogP contribution in [0.15, 0.2) is 36.5 Å². The first-order valence-corrected chi connectivity index (χ1v) is 6.70. The molecule has 0 saturated heterocycles. The van der Waals surface area contributed by atoms with Crippen LogP contribution in [0, 0.1) is 6.92 Å². The third kappa shape index (κ3) is 4.41. The lowest BCUT2D eigenvalue weighted by atomic mass is 10.2. The molecule has 0 saturated carbocycles. The highest BCUT2D eigenvalue weighted by Gasteiger charge is 1.98. The Kier molecular flexibility index (Phi) is 4.98. The van der Waals surface area contributed by atoms with Crippen molar-refractivity contribution in [2.75, 3.05) is 13.2 Å². The van der Waals surface area contributed by atoms with Crippen LogP contribution in [0.5, 0.6) is 5.75 Å². The number of hydrogen-bond donors (Lipinski definition) is 1. The second-order valence-electron chi connectivity index (χ2n) is 4.50. The van der Waals surface area contributed by atoms with Crippen LogP contribution in [0.4, 0.5) is 0 Å². The quantitative estimate of drug-likeness (QED) is 0.829. The molecule has 4 heteroatoms. The lowest BCUT2D eigenvalue weighted by molar-refractivity contribution is 0.291. The molecule has 0 unspecified atom stereocenters. The zero-order chi connectivity index (χ0) is 13.5. The number of aryl methyl sites for hydroxylation is 1. The van der Waals surface area contributed by atoms with E-state index in [2.05, 4.69) is 29.5 Å². The van der Waals surface area contributed by atoms with Crippen molar-refractivity contribution in [3.8, 4) is 5.75 Å². The molecule has 1 aromatic heterocycles. The Morgan fingerprint density at radius 2 is 2.21 bits per heavy atom. The third-order valence-corrected chi connectivity index (χ3v) is 2.84. The molecular formula is C15H21N3O. The van der Waals surface area contributed by atoms with E-state index in [1.807, 2.05) is 36.0 Å². The fraction of sp³-hybridized carbons (Fsp3) is 0.400. The van der Waals surface area contributed by atoms with Crippen molar-refractivity contribution in [3.63, 3.8) is 0 Å². The van der Waals surface area contributed by atoms with Crippen LogP contribution in [0.1, 0.15) is 18.2 Å². The first-order valence-electron chi connectivity index (χ1n) is 6.70. The maximum atomic E-state index is 5.75. The second kappa shape index (κ2) is 6.95. The molecule has 0 fully saturated rings. The molecule has 0 aliphatic heterocycles. The molecule has 2 rings (SSSR count). The fourth-order valence-corrected chi connectivity index (χ4v) is 1.86. The summed E-state index contributed by atoms with van der Waals surface area (Å²) >= 11 is 0. The van der Waals surface area contributed by atoms with Crippen molar-refractivity contribution in [1.29, 1.82) is 0 Å². The minimum Gasteiger partial charge on any atom is -0.492 e. The van der Waals surface area contributed by atoms with Gasteiger partial charge in [-0.15, -0.1) is 0 Å². The minimum atomic E-state index is 0.631. The average molecular weight is 259 g/mol. The molecule has 0 spiro atoms. The lowest BCUT2D eigenvalue weighted by Crippen LogP contribution is -2.12. The van der Waals surface area contributed by atoms with Gasteiger partial charge in [0.05, 0.1) is 12.2 Å². The summed E-state index contributed by atoms with van der Waals surface area (Å²) in [4.78, 5) is 0. The first kappa shape index (κ1) is 13.6. The molecule has 0 radical (unpaired) electrons. The predicted octanol–water partition coefficient (Wildman–Crippen LogP) is 2.38. The Morgan fingerprint density at radius 3 is 2.95 bits per heavy atom. The molecule has 1 aromatic carbocycles. The molecule has 0 bridgehead atoms. The topological polar surface area (TPSA) is 39.1 Å². The molecule has 0 aliphatic rings. The van der Waals surface area contributed by atoms with E-state index in [0.717, 1.165) is 31.1 Å². The highest BCUT2D eigenvalue weighted by Crippen LogP contribution is 2.13. The van der Waals surface area contributed by atoms with Crippen LogP contribution in [0.2, 0.25) is 0 Å². The first-order chi connectivity index (χ1) is 9.28. The molecular weight excluding hydrogens is 238 g/mol. The summed E-state index contributed by atoms with van der Waals surface area (Å²) in [5.74, 6) is 0.916. The van der Waals surface area contributed by atoms with Gasteiger partial charge in [-0.3, -0.25) is 4.68 Å². The standard InChI is InChI=1S/C15H21N3O/c1-3-16-12-14-5-4-6-15(11-14)19-10-9-18-8-7-13(2)17-18/h4-8,11,16H,3,9-10,12H2,1-2H3. The van der Waals surface area contributed by atoms with Gasteiger partial charge < -0.3 is 10.1 Å². The molecule has 102 valence electrons. The van der Waals surface area contributed by atoms with Gasteiger partial charge in [-0.2, -0.15) is 5.10 Å². The fourth-order valence-electron chi connectivity index (χ4n) is 1.86. The molecule has 0 amide bonds. The summed E-state index contributed by atoms with van der Waals surface area (Å²) in [6, 6.07) is 10.2. The summed E-state index contributed by atoms with van der Waals surface area (Å²) in [5.41, 5.74) is 2.28. The average Bonchev–Trinajstić information content (AvgIpc) is 2.83. The molecule has 19 heavy (non-hydrogen) atoms. The maximum Gasteiger partial charge on any atom is 0.119 e. The summed E-state index contributed by atoms with van der Waals surface area (Å²) in [6.07, 6.45) is 1.97. The maximum absolute atomic E-state index is 5.75. The van der Waals surface area contributed by atoms with Gasteiger partial charge >= 0.3 is 0 Å². The van der Waals surface area contributed by atoms with Gasteiger partial charge in [-0.1, -0.05) is 19.1 Å². The van der Waals surface area contributed by atoms with Crippen molar-refractivity contribution in [2.45, 2.75) is 26.9 Å². The predicted molar refractivity (Wildman–Crippen MR) is 76.3 cm³/mol. The smallest absolute Gasteiger partial charge is 0.119 e. The number of aromatic nitrogens is 2. The van der Waals surface area contributed by atoms with Gasteiger partial charge in [0.1, 0.15) is 12.4 Å². The van der Waals surface area contributed by atoms with Crippen LogP contribution < -0.4 is 10.1 Å². The monoisotopic (exact) mass is 259 g/mol. The summed E-state index contributed by atoms with van der Waals surface area (Å²) < 4.78 is 7.65. The van der Waals surface area contributed by atoms with Crippen LogP contribution >= 0.6 is 0 Å². The van der Waals surface area contributed by atoms with Crippen molar-refractivity contribution in [3.05, 3.63) is 47.8 Å². The number of nitrogens with zero attached hydrogens (tertiary/aromatic N) is 2. The lowest BCUT2D eigenvalue weighted by Gasteiger charge is -2.08. The van der Waals surface area contributed by atoms with Gasteiger partial charge in [-0.05, 0) is 37.2 Å². The van der Waals surface area contributed by atoms with Crippen LogP contribution in [-0.2, 0) is 13.1 Å². The van der Waals surface area contributed by atoms with E-state index in [1.165, 1.54) is 5.56 Å². The van der Waals surface area contributed by atoms with E-state index in [4.69, 9.17) is 4.74 Å². The SMILES string of the molecule is CCNCc1cccc(OCCn2ccc(C)n2)c1.